The molecule has 1 aromatic carbocycles. The van der Waals surface area contributed by atoms with Crippen molar-refractivity contribution in [2.24, 2.45) is 0 Å². The topological polar surface area (TPSA) is 90.1 Å². The molecule has 1 aliphatic rings. The number of aromatic nitrogens is 2. The van der Waals surface area contributed by atoms with E-state index in [1.54, 1.807) is 4.68 Å². The van der Waals surface area contributed by atoms with Crippen molar-refractivity contribution in [3.63, 3.8) is 0 Å². The molecule has 1 aliphatic carbocycles. The summed E-state index contributed by atoms with van der Waals surface area (Å²) in [5.41, 5.74) is 2.91. The zero-order valence-corrected chi connectivity index (χ0v) is 14.0. The first-order valence-corrected chi connectivity index (χ1v) is 8.67. The number of benzene rings is 1. The highest BCUT2D eigenvalue weighted by Crippen LogP contribution is 2.32. The lowest BCUT2D eigenvalue weighted by Crippen LogP contribution is -2.15. The van der Waals surface area contributed by atoms with Crippen LogP contribution in [0, 0.1) is 10.1 Å². The summed E-state index contributed by atoms with van der Waals surface area (Å²) in [4.78, 5) is 23.2. The normalized spacial score (nSPS) is 12.8. The van der Waals surface area contributed by atoms with Gasteiger partial charge in [0.2, 0.25) is 0 Å². The molecule has 0 fully saturated rings. The first-order valence-electron chi connectivity index (χ1n) is 7.85. The summed E-state index contributed by atoms with van der Waals surface area (Å²) in [7, 11) is 0. The fourth-order valence-electron chi connectivity index (χ4n) is 2.99. The molecule has 0 bridgehead atoms. The van der Waals surface area contributed by atoms with Crippen LogP contribution in [0.25, 0.3) is 5.69 Å². The average Bonchev–Trinajstić information content (AvgIpc) is 3.32. The number of amides is 1. The van der Waals surface area contributed by atoms with Crippen LogP contribution in [0.3, 0.4) is 0 Å². The monoisotopic (exact) mass is 354 g/mol. The van der Waals surface area contributed by atoms with E-state index in [1.807, 2.05) is 30.3 Å². The van der Waals surface area contributed by atoms with E-state index >= 15 is 0 Å². The maximum absolute atomic E-state index is 12.6. The van der Waals surface area contributed by atoms with Crippen LogP contribution in [0.2, 0.25) is 0 Å². The van der Waals surface area contributed by atoms with E-state index in [0.29, 0.717) is 10.7 Å². The van der Waals surface area contributed by atoms with E-state index in [9.17, 15) is 14.9 Å². The Morgan fingerprint density at radius 1 is 1.20 bits per heavy atom. The summed E-state index contributed by atoms with van der Waals surface area (Å²) in [5, 5.41) is 18.3. The van der Waals surface area contributed by atoms with E-state index < -0.39 is 4.92 Å². The number of thiophene rings is 1. The second kappa shape index (κ2) is 6.14. The van der Waals surface area contributed by atoms with Gasteiger partial charge < -0.3 is 5.32 Å². The van der Waals surface area contributed by atoms with Crippen molar-refractivity contribution < 1.29 is 9.72 Å². The molecule has 8 heteroatoms. The molecule has 0 unspecified atom stereocenters. The molecule has 0 saturated heterocycles. The highest BCUT2D eigenvalue weighted by atomic mass is 32.1. The number of anilines is 1. The predicted octanol–water partition coefficient (Wildman–Crippen LogP) is 3.58. The molecule has 0 aliphatic heterocycles. The highest BCUT2D eigenvalue weighted by molar-refractivity contribution is 7.17. The molecule has 126 valence electrons. The predicted molar refractivity (Wildman–Crippen MR) is 94.5 cm³/mol. The number of para-hydroxylation sites is 1. The molecule has 25 heavy (non-hydrogen) atoms. The van der Waals surface area contributed by atoms with Gasteiger partial charge in [-0.15, -0.1) is 0 Å². The molecular weight excluding hydrogens is 340 g/mol. The Labute approximate surface area is 147 Å². The number of carbonyl (C=O) groups is 1. The van der Waals surface area contributed by atoms with Crippen LogP contribution in [0.15, 0.2) is 42.5 Å². The van der Waals surface area contributed by atoms with Crippen LogP contribution in [0.4, 0.5) is 10.8 Å². The van der Waals surface area contributed by atoms with Gasteiger partial charge in [0.1, 0.15) is 5.82 Å². The number of aryl methyl sites for hydroxylation is 1. The number of nitrogens with zero attached hydrogens (tertiary/aromatic N) is 3. The Balaban J connectivity index is 1.70. The van der Waals surface area contributed by atoms with Gasteiger partial charge in [0.25, 0.3) is 5.91 Å². The summed E-state index contributed by atoms with van der Waals surface area (Å²) in [5.74, 6) is 0.296. The van der Waals surface area contributed by atoms with Gasteiger partial charge in [-0.1, -0.05) is 29.5 Å². The molecule has 0 spiro atoms. The summed E-state index contributed by atoms with van der Waals surface area (Å²) in [6.45, 7) is 0. The maximum atomic E-state index is 12.6. The number of hydrogen-bond donors (Lipinski definition) is 1. The van der Waals surface area contributed by atoms with Crippen molar-refractivity contribution in [1.29, 1.82) is 0 Å². The van der Waals surface area contributed by atoms with Gasteiger partial charge >= 0.3 is 5.00 Å². The molecule has 0 radical (unpaired) electrons. The summed E-state index contributed by atoms with van der Waals surface area (Å²) >= 11 is 0.865. The van der Waals surface area contributed by atoms with Crippen molar-refractivity contribution >= 4 is 28.1 Å². The molecule has 2 heterocycles. The Morgan fingerprint density at radius 3 is 2.72 bits per heavy atom. The summed E-state index contributed by atoms with van der Waals surface area (Å²) in [6, 6.07) is 12.4. The smallest absolute Gasteiger partial charge is 0.306 e. The number of fused-ring (bicyclic) bond motifs is 1. The average molecular weight is 354 g/mol. The number of carbonyl (C=O) groups excluding carboxylic acids is 1. The first kappa shape index (κ1) is 15.5. The van der Waals surface area contributed by atoms with Gasteiger partial charge in [0.15, 0.2) is 0 Å². The van der Waals surface area contributed by atoms with E-state index in [0.717, 1.165) is 47.5 Å². The van der Waals surface area contributed by atoms with E-state index in [-0.39, 0.29) is 10.9 Å². The van der Waals surface area contributed by atoms with Crippen molar-refractivity contribution in [2.75, 3.05) is 5.32 Å². The van der Waals surface area contributed by atoms with E-state index in [4.69, 9.17) is 0 Å². The molecular formula is C17H14N4O3S. The number of nitro groups is 1. The van der Waals surface area contributed by atoms with Gasteiger partial charge in [-0.3, -0.25) is 14.9 Å². The minimum absolute atomic E-state index is 0.0491. The van der Waals surface area contributed by atoms with Crippen LogP contribution < -0.4 is 5.32 Å². The molecule has 3 aromatic rings. The lowest BCUT2D eigenvalue weighted by Gasteiger charge is -2.10. The number of nitrogens with one attached hydrogen (secondary N) is 1. The number of hydrogen-bond acceptors (Lipinski definition) is 5. The largest absolute Gasteiger partial charge is 0.324 e. The lowest BCUT2D eigenvalue weighted by atomic mass is 10.2. The molecule has 2 aromatic heterocycles. The maximum Gasteiger partial charge on any atom is 0.324 e. The first-order chi connectivity index (χ1) is 12.1. The lowest BCUT2D eigenvalue weighted by molar-refractivity contribution is -0.380. The quantitative estimate of drug-likeness (QED) is 0.573. The van der Waals surface area contributed by atoms with Crippen molar-refractivity contribution in [3.8, 4) is 5.69 Å². The molecule has 0 saturated carbocycles. The van der Waals surface area contributed by atoms with Gasteiger partial charge in [0.05, 0.1) is 21.2 Å². The molecule has 1 amide bonds. The highest BCUT2D eigenvalue weighted by Gasteiger charge is 2.25. The zero-order chi connectivity index (χ0) is 17.4. The minimum atomic E-state index is -0.493. The zero-order valence-electron chi connectivity index (χ0n) is 13.1. The van der Waals surface area contributed by atoms with Crippen LogP contribution in [0.1, 0.15) is 27.3 Å². The van der Waals surface area contributed by atoms with Gasteiger partial charge in [-0.25, -0.2) is 4.68 Å². The van der Waals surface area contributed by atoms with E-state index in [2.05, 4.69) is 10.4 Å². The van der Waals surface area contributed by atoms with Crippen LogP contribution in [-0.2, 0) is 12.8 Å². The van der Waals surface area contributed by atoms with Crippen LogP contribution in [-0.4, -0.2) is 20.6 Å². The molecule has 7 nitrogen and oxygen atoms in total. The minimum Gasteiger partial charge on any atom is -0.306 e. The fourth-order valence-corrected chi connectivity index (χ4v) is 3.71. The standard InChI is InChI=1S/C17H14N4O3S/c22-17(14-9-10-15(25-14)21(23)24)18-16-12-7-4-8-13(12)19-20(16)11-5-2-1-3-6-11/h1-3,5-6,9-10H,4,7-8H2,(H,18,22). The van der Waals surface area contributed by atoms with Gasteiger partial charge in [0, 0.05) is 11.6 Å². The molecule has 0 atom stereocenters. The van der Waals surface area contributed by atoms with Crippen molar-refractivity contribution in [3.05, 3.63) is 68.7 Å². The Morgan fingerprint density at radius 2 is 2.00 bits per heavy atom. The Hall–Kier alpha value is -3.00. The van der Waals surface area contributed by atoms with Crippen molar-refractivity contribution in [2.45, 2.75) is 19.3 Å². The van der Waals surface area contributed by atoms with E-state index in [1.165, 1.54) is 12.1 Å². The fraction of sp³-hybridized carbons (Fsp3) is 0.176. The third-order valence-electron chi connectivity index (χ3n) is 4.14. The summed E-state index contributed by atoms with van der Waals surface area (Å²) in [6.07, 6.45) is 2.77. The summed E-state index contributed by atoms with van der Waals surface area (Å²) < 4.78 is 1.74. The third-order valence-corrected chi connectivity index (χ3v) is 5.17. The second-order valence-corrected chi connectivity index (χ2v) is 6.79. The number of rotatable bonds is 4. The Kier molecular flexibility index (Phi) is 3.81. The third kappa shape index (κ3) is 2.80. The van der Waals surface area contributed by atoms with Crippen LogP contribution >= 0.6 is 11.3 Å². The Bertz CT molecular complexity index is 962. The van der Waals surface area contributed by atoms with Gasteiger partial charge in [-0.2, -0.15) is 5.10 Å². The second-order valence-electron chi connectivity index (χ2n) is 5.72. The van der Waals surface area contributed by atoms with Gasteiger partial charge in [-0.05, 0) is 37.5 Å². The van der Waals surface area contributed by atoms with Crippen LogP contribution in [0.5, 0.6) is 0 Å². The SMILES string of the molecule is O=C(Nc1c2c(nn1-c1ccccc1)CCC2)c1ccc([N+](=O)[O-])s1. The molecule has 4 rings (SSSR count). The van der Waals surface area contributed by atoms with Crippen molar-refractivity contribution in [1.82, 2.24) is 9.78 Å². The molecule has 1 N–H and O–H groups in total.